The summed E-state index contributed by atoms with van der Waals surface area (Å²) >= 11 is 0. The zero-order valence-corrected chi connectivity index (χ0v) is 13.5. The average molecular weight is 299 g/mol. The molecule has 0 aliphatic heterocycles. The first-order valence-electron chi connectivity index (χ1n) is 7.78. The van der Waals surface area contributed by atoms with Crippen LogP contribution >= 0.6 is 0 Å². The van der Waals surface area contributed by atoms with Gasteiger partial charge in [0.1, 0.15) is 5.82 Å². The van der Waals surface area contributed by atoms with E-state index in [1.165, 1.54) is 6.08 Å². The predicted octanol–water partition coefficient (Wildman–Crippen LogP) is 3.02. The Bertz CT molecular complexity index is 534. The van der Waals surface area contributed by atoms with Crippen LogP contribution in [0.2, 0.25) is 0 Å². The van der Waals surface area contributed by atoms with Gasteiger partial charge in [-0.15, -0.1) is 0 Å². The van der Waals surface area contributed by atoms with E-state index in [1.807, 2.05) is 42.2 Å². The number of carbonyl (C=O) groups is 1. The first kappa shape index (κ1) is 16.3. The summed E-state index contributed by atoms with van der Waals surface area (Å²) in [5.41, 5.74) is 1.05. The van der Waals surface area contributed by atoms with Gasteiger partial charge in [-0.05, 0) is 42.9 Å². The summed E-state index contributed by atoms with van der Waals surface area (Å²) in [5, 5.41) is 0. The third kappa shape index (κ3) is 4.45. The van der Waals surface area contributed by atoms with E-state index in [0.29, 0.717) is 12.5 Å². The minimum absolute atomic E-state index is 0.00811. The molecule has 1 aliphatic rings. The zero-order valence-electron chi connectivity index (χ0n) is 13.5. The maximum absolute atomic E-state index is 12.1. The summed E-state index contributed by atoms with van der Waals surface area (Å²) in [6.07, 6.45) is 11.0. The van der Waals surface area contributed by atoms with Gasteiger partial charge < -0.3 is 9.80 Å². The maximum atomic E-state index is 12.1. The molecule has 0 bridgehead atoms. The van der Waals surface area contributed by atoms with Gasteiger partial charge in [0.2, 0.25) is 5.91 Å². The molecular weight excluding hydrogens is 274 g/mol. The number of amides is 1. The van der Waals surface area contributed by atoms with Crippen molar-refractivity contribution >= 4 is 11.7 Å². The molecule has 0 radical (unpaired) electrons. The molecule has 4 heteroatoms. The third-order valence-corrected chi connectivity index (χ3v) is 3.98. The van der Waals surface area contributed by atoms with Crippen LogP contribution in [0.25, 0.3) is 0 Å². The molecule has 0 saturated heterocycles. The van der Waals surface area contributed by atoms with Gasteiger partial charge in [0.25, 0.3) is 0 Å². The Hall–Kier alpha value is -2.10. The molecule has 4 nitrogen and oxygen atoms in total. The maximum Gasteiger partial charge on any atom is 0.246 e. The topological polar surface area (TPSA) is 36.4 Å². The molecule has 1 unspecified atom stereocenters. The fourth-order valence-corrected chi connectivity index (χ4v) is 2.69. The van der Waals surface area contributed by atoms with Gasteiger partial charge in [-0.1, -0.05) is 24.8 Å². The van der Waals surface area contributed by atoms with Gasteiger partial charge in [0.05, 0.1) is 0 Å². The molecule has 2 rings (SSSR count). The van der Waals surface area contributed by atoms with Crippen molar-refractivity contribution in [2.45, 2.75) is 25.8 Å². The van der Waals surface area contributed by atoms with E-state index in [9.17, 15) is 4.79 Å². The normalized spacial score (nSPS) is 17.1. The largest absolute Gasteiger partial charge is 0.363 e. The number of aromatic nitrogens is 1. The summed E-state index contributed by atoms with van der Waals surface area (Å²) in [4.78, 5) is 20.4. The highest BCUT2D eigenvalue weighted by atomic mass is 16.2. The molecule has 1 aliphatic carbocycles. The van der Waals surface area contributed by atoms with Gasteiger partial charge >= 0.3 is 0 Å². The van der Waals surface area contributed by atoms with Gasteiger partial charge in [0, 0.05) is 33.4 Å². The second-order valence-electron chi connectivity index (χ2n) is 5.99. The molecule has 1 amide bonds. The summed E-state index contributed by atoms with van der Waals surface area (Å²) in [6, 6.07) is 4.02. The van der Waals surface area contributed by atoms with Crippen LogP contribution in [0.4, 0.5) is 5.82 Å². The Morgan fingerprint density at radius 2 is 2.23 bits per heavy atom. The number of rotatable bonds is 6. The molecule has 1 aromatic heterocycles. The van der Waals surface area contributed by atoms with Crippen molar-refractivity contribution in [3.05, 3.63) is 48.7 Å². The zero-order chi connectivity index (χ0) is 15.9. The highest BCUT2D eigenvalue weighted by Gasteiger charge is 2.18. The van der Waals surface area contributed by atoms with Crippen molar-refractivity contribution in [1.29, 1.82) is 0 Å². The number of nitrogens with zero attached hydrogens (tertiary/aromatic N) is 3. The molecule has 118 valence electrons. The van der Waals surface area contributed by atoms with E-state index in [0.717, 1.165) is 37.2 Å². The van der Waals surface area contributed by atoms with Crippen molar-refractivity contribution in [3.8, 4) is 0 Å². The minimum atomic E-state index is -0.00811. The Labute approximate surface area is 133 Å². The lowest BCUT2D eigenvalue weighted by molar-refractivity contribution is -0.127. The van der Waals surface area contributed by atoms with E-state index in [2.05, 4.69) is 23.7 Å². The summed E-state index contributed by atoms with van der Waals surface area (Å²) in [5.74, 6) is 1.46. The van der Waals surface area contributed by atoms with E-state index >= 15 is 0 Å². The Morgan fingerprint density at radius 1 is 1.41 bits per heavy atom. The number of pyridine rings is 1. The van der Waals surface area contributed by atoms with Crippen LogP contribution in [0, 0.1) is 5.92 Å². The summed E-state index contributed by atoms with van der Waals surface area (Å²) in [7, 11) is 3.93. The Morgan fingerprint density at radius 3 is 2.77 bits per heavy atom. The molecule has 1 atom stereocenters. The van der Waals surface area contributed by atoms with Crippen LogP contribution in [-0.2, 0) is 11.3 Å². The van der Waals surface area contributed by atoms with Gasteiger partial charge in [-0.3, -0.25) is 4.79 Å². The summed E-state index contributed by atoms with van der Waals surface area (Å²) in [6.45, 7) is 5.00. The van der Waals surface area contributed by atoms with Crippen LogP contribution in [0.15, 0.2) is 43.1 Å². The minimum Gasteiger partial charge on any atom is -0.363 e. The molecule has 1 aromatic rings. The number of hydrogen-bond donors (Lipinski definition) is 0. The third-order valence-electron chi connectivity index (χ3n) is 3.98. The SMILES string of the molecule is C=CC(=O)N(Cc1ccc(N(C)C)nc1)CC1CC=CCC1. The van der Waals surface area contributed by atoms with Crippen molar-refractivity contribution < 1.29 is 4.79 Å². The van der Waals surface area contributed by atoms with E-state index in [-0.39, 0.29) is 5.91 Å². The number of carbonyl (C=O) groups excluding carboxylic acids is 1. The lowest BCUT2D eigenvalue weighted by Gasteiger charge is -2.27. The van der Waals surface area contributed by atoms with Crippen molar-refractivity contribution in [2.75, 3.05) is 25.5 Å². The lowest BCUT2D eigenvalue weighted by atomic mass is 9.94. The predicted molar refractivity (Wildman–Crippen MR) is 90.7 cm³/mol. The quantitative estimate of drug-likeness (QED) is 0.598. The summed E-state index contributed by atoms with van der Waals surface area (Å²) < 4.78 is 0. The average Bonchev–Trinajstić information content (AvgIpc) is 2.55. The van der Waals surface area contributed by atoms with Crippen LogP contribution < -0.4 is 4.90 Å². The molecule has 1 heterocycles. The highest BCUT2D eigenvalue weighted by molar-refractivity contribution is 5.87. The molecule has 0 N–H and O–H groups in total. The molecular formula is C18H25N3O. The second-order valence-corrected chi connectivity index (χ2v) is 5.99. The van der Waals surface area contributed by atoms with Crippen molar-refractivity contribution in [3.63, 3.8) is 0 Å². The smallest absolute Gasteiger partial charge is 0.246 e. The monoisotopic (exact) mass is 299 g/mol. The number of hydrogen-bond acceptors (Lipinski definition) is 3. The van der Waals surface area contributed by atoms with Gasteiger partial charge in [-0.2, -0.15) is 0 Å². The highest BCUT2D eigenvalue weighted by Crippen LogP contribution is 2.20. The van der Waals surface area contributed by atoms with E-state index in [4.69, 9.17) is 0 Å². The number of allylic oxidation sites excluding steroid dienone is 2. The molecule has 22 heavy (non-hydrogen) atoms. The van der Waals surface area contributed by atoms with Crippen molar-refractivity contribution in [1.82, 2.24) is 9.88 Å². The lowest BCUT2D eigenvalue weighted by Crippen LogP contribution is -2.34. The standard InChI is InChI=1S/C18H25N3O/c1-4-18(22)21(13-15-8-6-5-7-9-15)14-16-10-11-17(19-12-16)20(2)3/h4-6,10-12,15H,1,7-9,13-14H2,2-3H3. The fraction of sp³-hybridized carbons (Fsp3) is 0.444. The molecule has 0 fully saturated rings. The van der Waals surface area contributed by atoms with Crippen LogP contribution in [0.5, 0.6) is 0 Å². The first-order valence-corrected chi connectivity index (χ1v) is 7.78. The molecule has 0 spiro atoms. The Kier molecular flexibility index (Phi) is 5.75. The first-order chi connectivity index (χ1) is 10.6. The number of anilines is 1. The van der Waals surface area contributed by atoms with E-state index in [1.54, 1.807) is 0 Å². The molecule has 0 aromatic carbocycles. The van der Waals surface area contributed by atoms with E-state index < -0.39 is 0 Å². The van der Waals surface area contributed by atoms with Crippen LogP contribution in [0.3, 0.4) is 0 Å². The van der Waals surface area contributed by atoms with Crippen molar-refractivity contribution in [2.24, 2.45) is 5.92 Å². The fourth-order valence-electron chi connectivity index (χ4n) is 2.69. The van der Waals surface area contributed by atoms with Crippen LogP contribution in [-0.4, -0.2) is 36.4 Å². The Balaban J connectivity index is 2.03. The second kappa shape index (κ2) is 7.78. The van der Waals surface area contributed by atoms with Crippen LogP contribution in [0.1, 0.15) is 24.8 Å². The van der Waals surface area contributed by atoms with Gasteiger partial charge in [-0.25, -0.2) is 4.98 Å². The molecule has 0 saturated carbocycles. The van der Waals surface area contributed by atoms with Gasteiger partial charge in [0.15, 0.2) is 0 Å².